The number of anilines is 2. The van der Waals surface area contributed by atoms with Crippen LogP contribution in [-0.4, -0.2) is 39.2 Å². The van der Waals surface area contributed by atoms with Crippen LogP contribution < -0.4 is 14.9 Å². The van der Waals surface area contributed by atoms with Crippen molar-refractivity contribution in [2.24, 2.45) is 10.9 Å². The molecule has 0 spiro atoms. The van der Waals surface area contributed by atoms with Gasteiger partial charge in [-0.1, -0.05) is 30.2 Å². The van der Waals surface area contributed by atoms with Crippen molar-refractivity contribution in [2.45, 2.75) is 43.9 Å². The van der Waals surface area contributed by atoms with Gasteiger partial charge in [0.2, 0.25) is 11.8 Å². The van der Waals surface area contributed by atoms with Crippen LogP contribution in [0.15, 0.2) is 58.4 Å². The highest BCUT2D eigenvalue weighted by Gasteiger charge is 2.35. The van der Waals surface area contributed by atoms with Crippen molar-refractivity contribution in [3.63, 3.8) is 0 Å². The Labute approximate surface area is 194 Å². The summed E-state index contributed by atoms with van der Waals surface area (Å²) < 4.78 is 28.2. The summed E-state index contributed by atoms with van der Waals surface area (Å²) in [6, 6.07) is 13.7. The molecule has 2 heterocycles. The highest BCUT2D eigenvalue weighted by atomic mass is 32.2. The Hall–Kier alpha value is -3.20. The van der Waals surface area contributed by atoms with Crippen molar-refractivity contribution < 1.29 is 18.0 Å². The van der Waals surface area contributed by atoms with Gasteiger partial charge in [0.1, 0.15) is 5.84 Å². The molecule has 1 unspecified atom stereocenters. The maximum Gasteiger partial charge on any atom is 0.262 e. The molecule has 4 rings (SSSR count). The second kappa shape index (κ2) is 9.74. The number of rotatable bonds is 5. The zero-order valence-corrected chi connectivity index (χ0v) is 19.4. The van der Waals surface area contributed by atoms with Gasteiger partial charge in [0.15, 0.2) is 0 Å². The number of sulfonamides is 1. The highest BCUT2D eigenvalue weighted by molar-refractivity contribution is 7.90. The van der Waals surface area contributed by atoms with E-state index in [0.717, 1.165) is 30.5 Å². The summed E-state index contributed by atoms with van der Waals surface area (Å²) in [6.07, 6.45) is 3.60. The minimum atomic E-state index is -3.80. The first-order valence-corrected chi connectivity index (χ1v) is 12.6. The van der Waals surface area contributed by atoms with Gasteiger partial charge in [-0.25, -0.2) is 8.42 Å². The molecule has 174 valence electrons. The summed E-state index contributed by atoms with van der Waals surface area (Å²) in [7, 11) is -3.80. The number of amides is 2. The van der Waals surface area contributed by atoms with Gasteiger partial charge in [-0.2, -0.15) is 0 Å². The first-order valence-electron chi connectivity index (χ1n) is 11.2. The van der Waals surface area contributed by atoms with Crippen molar-refractivity contribution in [1.82, 2.24) is 4.72 Å². The van der Waals surface area contributed by atoms with Crippen LogP contribution in [0.2, 0.25) is 0 Å². The molecule has 0 radical (unpaired) electrons. The average molecular weight is 469 g/mol. The van der Waals surface area contributed by atoms with Crippen LogP contribution in [0.3, 0.4) is 0 Å². The molecule has 2 aromatic rings. The second-order valence-electron chi connectivity index (χ2n) is 8.50. The van der Waals surface area contributed by atoms with E-state index in [0.29, 0.717) is 24.5 Å². The Bertz CT molecular complexity index is 1180. The zero-order valence-electron chi connectivity index (χ0n) is 18.6. The van der Waals surface area contributed by atoms with E-state index in [2.05, 4.69) is 15.0 Å². The molecule has 2 N–H and O–H groups in total. The summed E-state index contributed by atoms with van der Waals surface area (Å²) in [6.45, 7) is 2.88. The summed E-state index contributed by atoms with van der Waals surface area (Å²) in [5.41, 5.74) is 2.23. The fourth-order valence-corrected chi connectivity index (χ4v) is 5.15. The molecule has 8 nitrogen and oxygen atoms in total. The van der Waals surface area contributed by atoms with Crippen molar-refractivity contribution >= 4 is 39.0 Å². The fourth-order valence-electron chi connectivity index (χ4n) is 4.01. The van der Waals surface area contributed by atoms with Crippen molar-refractivity contribution in [2.75, 3.05) is 23.3 Å². The van der Waals surface area contributed by atoms with Crippen LogP contribution in [0, 0.1) is 12.8 Å². The Morgan fingerprint density at radius 2 is 1.88 bits per heavy atom. The zero-order chi connectivity index (χ0) is 23.4. The Morgan fingerprint density at radius 1 is 1.09 bits per heavy atom. The van der Waals surface area contributed by atoms with E-state index in [1.807, 2.05) is 31.2 Å². The molecule has 2 amide bonds. The summed E-state index contributed by atoms with van der Waals surface area (Å²) in [5.74, 6) is -0.461. The SMILES string of the molecule is Cc1ccc(N2CC(C(=O)Nc3cccc(S(=O)(=O)NC4=NCCCCC4)c3)CC2=O)cc1. The number of carbonyl (C=O) groups is 2. The summed E-state index contributed by atoms with van der Waals surface area (Å²) in [5, 5.41) is 2.77. The number of hydrogen-bond donors (Lipinski definition) is 2. The predicted octanol–water partition coefficient (Wildman–Crippen LogP) is 3.24. The van der Waals surface area contributed by atoms with E-state index in [9.17, 15) is 18.0 Å². The van der Waals surface area contributed by atoms with Crippen molar-refractivity contribution in [1.29, 1.82) is 0 Å². The maximum atomic E-state index is 12.8. The molecule has 0 aromatic heterocycles. The van der Waals surface area contributed by atoms with Crippen LogP contribution >= 0.6 is 0 Å². The highest BCUT2D eigenvalue weighted by Crippen LogP contribution is 2.26. The van der Waals surface area contributed by atoms with Crippen molar-refractivity contribution in [3.8, 4) is 0 Å². The number of hydrogen-bond acceptors (Lipinski definition) is 5. The third-order valence-electron chi connectivity index (χ3n) is 5.88. The van der Waals surface area contributed by atoms with Gasteiger partial charge in [-0.05, 0) is 50.1 Å². The van der Waals surface area contributed by atoms with E-state index < -0.39 is 15.9 Å². The molecule has 0 aliphatic carbocycles. The van der Waals surface area contributed by atoms with E-state index >= 15 is 0 Å². The van der Waals surface area contributed by atoms with Gasteiger partial charge in [0.25, 0.3) is 10.0 Å². The minimum Gasteiger partial charge on any atom is -0.326 e. The maximum absolute atomic E-state index is 12.8. The van der Waals surface area contributed by atoms with E-state index in [1.54, 1.807) is 17.0 Å². The number of nitrogens with one attached hydrogen (secondary N) is 2. The van der Waals surface area contributed by atoms with Gasteiger partial charge in [-0.15, -0.1) is 0 Å². The molecule has 0 bridgehead atoms. The molecule has 9 heteroatoms. The Kier molecular flexibility index (Phi) is 6.78. The molecule has 0 saturated carbocycles. The largest absolute Gasteiger partial charge is 0.326 e. The number of aliphatic imine (C=N–C) groups is 1. The van der Waals surface area contributed by atoms with Gasteiger partial charge >= 0.3 is 0 Å². The number of amidine groups is 1. The monoisotopic (exact) mass is 468 g/mol. The Morgan fingerprint density at radius 3 is 2.67 bits per heavy atom. The lowest BCUT2D eigenvalue weighted by Crippen LogP contribution is -2.31. The summed E-state index contributed by atoms with van der Waals surface area (Å²) >= 11 is 0. The van der Waals surface area contributed by atoms with Gasteiger partial charge in [0.05, 0.1) is 10.8 Å². The number of benzene rings is 2. The first kappa shape index (κ1) is 23.0. The molecule has 1 fully saturated rings. The molecular weight excluding hydrogens is 440 g/mol. The quantitative estimate of drug-likeness (QED) is 0.702. The number of carbonyl (C=O) groups excluding carboxylic acids is 2. The normalized spacial score (nSPS) is 19.1. The molecule has 33 heavy (non-hydrogen) atoms. The van der Waals surface area contributed by atoms with Crippen LogP contribution in [0.1, 0.15) is 37.7 Å². The van der Waals surface area contributed by atoms with Gasteiger partial charge in [0, 0.05) is 37.3 Å². The average Bonchev–Trinajstić information content (AvgIpc) is 3.00. The summed E-state index contributed by atoms with van der Waals surface area (Å²) in [4.78, 5) is 31.3. The van der Waals surface area contributed by atoms with Crippen LogP contribution in [0.5, 0.6) is 0 Å². The second-order valence-corrected chi connectivity index (χ2v) is 10.2. The third kappa shape index (κ3) is 5.60. The van der Waals surface area contributed by atoms with Crippen molar-refractivity contribution in [3.05, 3.63) is 54.1 Å². The lowest BCUT2D eigenvalue weighted by molar-refractivity contribution is -0.122. The van der Waals surface area contributed by atoms with Gasteiger partial charge in [-0.3, -0.25) is 19.3 Å². The lowest BCUT2D eigenvalue weighted by Gasteiger charge is -2.17. The van der Waals surface area contributed by atoms with E-state index in [1.165, 1.54) is 12.1 Å². The molecule has 1 saturated heterocycles. The number of aryl methyl sites for hydroxylation is 1. The molecule has 1 atom stereocenters. The van der Waals surface area contributed by atoms with Crippen LogP contribution in [-0.2, 0) is 19.6 Å². The predicted molar refractivity (Wildman–Crippen MR) is 128 cm³/mol. The fraction of sp³-hybridized carbons (Fsp3) is 0.375. The molecule has 2 aromatic carbocycles. The minimum absolute atomic E-state index is 0.0519. The Balaban J connectivity index is 1.42. The smallest absolute Gasteiger partial charge is 0.262 e. The molecule has 2 aliphatic heterocycles. The third-order valence-corrected chi connectivity index (χ3v) is 7.26. The van der Waals surface area contributed by atoms with Crippen LogP contribution in [0.4, 0.5) is 11.4 Å². The standard InChI is InChI=1S/C24H28N4O4S/c1-17-9-11-20(12-10-17)28-16-18(14-23(28)29)24(30)26-19-6-5-7-21(15-19)33(31,32)27-22-8-3-2-4-13-25-22/h5-7,9-12,15,18H,2-4,8,13-14,16H2,1H3,(H,25,27)(H,26,30). The van der Waals surface area contributed by atoms with Gasteiger partial charge < -0.3 is 10.2 Å². The molecule has 2 aliphatic rings. The molecular formula is C24H28N4O4S. The van der Waals surface area contributed by atoms with Crippen LogP contribution in [0.25, 0.3) is 0 Å². The van der Waals surface area contributed by atoms with E-state index in [4.69, 9.17) is 0 Å². The number of nitrogens with zero attached hydrogens (tertiary/aromatic N) is 2. The topological polar surface area (TPSA) is 108 Å². The first-order chi connectivity index (χ1) is 15.8. The van der Waals surface area contributed by atoms with E-state index in [-0.39, 0.29) is 29.7 Å². The lowest BCUT2D eigenvalue weighted by atomic mass is 10.1.